The number of nitrogens with zero attached hydrogens (tertiary/aromatic N) is 6. The molecule has 144 valence electrons. The minimum atomic E-state index is 0.664. The number of hydrogen-bond acceptors (Lipinski definition) is 7. The molecule has 0 atom stereocenters. The number of rotatable bonds is 5. The molecule has 2 saturated heterocycles. The number of aromatic nitrogens is 3. The van der Waals surface area contributed by atoms with E-state index in [2.05, 4.69) is 41.8 Å². The summed E-state index contributed by atoms with van der Waals surface area (Å²) in [6.07, 6.45) is 7.48. The lowest BCUT2D eigenvalue weighted by molar-refractivity contribution is 0.249. The Balaban J connectivity index is 1.33. The Hall–Kier alpha value is -2.41. The molecule has 2 aliphatic heterocycles. The molecule has 0 bridgehead atoms. The molecule has 2 fully saturated rings. The first-order valence-electron chi connectivity index (χ1n) is 9.85. The van der Waals surface area contributed by atoms with E-state index in [1.54, 1.807) is 13.4 Å². The zero-order valence-corrected chi connectivity index (χ0v) is 16.0. The molecule has 2 aromatic rings. The van der Waals surface area contributed by atoms with Crippen molar-refractivity contribution < 1.29 is 4.74 Å². The summed E-state index contributed by atoms with van der Waals surface area (Å²) >= 11 is 0. The van der Waals surface area contributed by atoms with Crippen molar-refractivity contribution in [1.82, 2.24) is 19.9 Å². The van der Waals surface area contributed by atoms with Crippen molar-refractivity contribution in [1.29, 1.82) is 0 Å². The second-order valence-corrected chi connectivity index (χ2v) is 7.25. The Bertz CT molecular complexity index is 724. The first-order valence-corrected chi connectivity index (χ1v) is 9.85. The van der Waals surface area contributed by atoms with Gasteiger partial charge >= 0.3 is 0 Å². The third-order valence-electron chi connectivity index (χ3n) is 5.43. The molecule has 27 heavy (non-hydrogen) atoms. The lowest BCUT2D eigenvalue weighted by Crippen LogP contribution is -2.46. The molecule has 4 rings (SSSR count). The number of piperidine rings is 1. The summed E-state index contributed by atoms with van der Waals surface area (Å²) in [5, 5.41) is 0. The summed E-state index contributed by atoms with van der Waals surface area (Å²) in [7, 11) is 1.64. The van der Waals surface area contributed by atoms with Crippen LogP contribution in [0.5, 0.6) is 5.88 Å². The van der Waals surface area contributed by atoms with Crippen LogP contribution >= 0.6 is 0 Å². The van der Waals surface area contributed by atoms with Gasteiger partial charge in [0.1, 0.15) is 18.0 Å². The summed E-state index contributed by atoms with van der Waals surface area (Å²) in [5.74, 6) is 2.79. The van der Waals surface area contributed by atoms with Crippen molar-refractivity contribution in [2.24, 2.45) is 0 Å². The molecule has 0 aliphatic carbocycles. The minimum Gasteiger partial charge on any atom is -0.481 e. The molecule has 0 N–H and O–H groups in total. The standard InChI is InChI=1S/C20H28N6O/c1-27-20-6-5-17(14-21-20)15-24-9-11-26(12-10-24)19-13-18(22-16-23-19)25-7-3-2-4-8-25/h5-6,13-14,16H,2-4,7-12,15H2,1H3. The van der Waals surface area contributed by atoms with E-state index in [1.807, 2.05) is 12.3 Å². The smallest absolute Gasteiger partial charge is 0.212 e. The van der Waals surface area contributed by atoms with Crippen LogP contribution in [-0.2, 0) is 6.54 Å². The Morgan fingerprint density at radius 2 is 1.56 bits per heavy atom. The second-order valence-electron chi connectivity index (χ2n) is 7.25. The number of anilines is 2. The lowest BCUT2D eigenvalue weighted by Gasteiger charge is -2.36. The predicted octanol–water partition coefficient (Wildman–Crippen LogP) is 2.19. The minimum absolute atomic E-state index is 0.664. The molecular weight excluding hydrogens is 340 g/mol. The van der Waals surface area contributed by atoms with E-state index >= 15 is 0 Å². The molecule has 0 spiro atoms. The van der Waals surface area contributed by atoms with E-state index in [0.717, 1.165) is 57.4 Å². The average Bonchev–Trinajstić information content (AvgIpc) is 2.75. The van der Waals surface area contributed by atoms with E-state index in [9.17, 15) is 0 Å². The highest BCUT2D eigenvalue weighted by Crippen LogP contribution is 2.22. The van der Waals surface area contributed by atoms with Gasteiger partial charge in [-0.15, -0.1) is 0 Å². The van der Waals surface area contributed by atoms with Crippen LogP contribution in [0, 0.1) is 0 Å². The molecular formula is C20H28N6O. The monoisotopic (exact) mass is 368 g/mol. The van der Waals surface area contributed by atoms with Crippen LogP contribution in [0.4, 0.5) is 11.6 Å². The van der Waals surface area contributed by atoms with Gasteiger partial charge in [0.15, 0.2) is 0 Å². The maximum atomic E-state index is 5.13. The summed E-state index contributed by atoms with van der Waals surface area (Å²) < 4.78 is 5.13. The van der Waals surface area contributed by atoms with Gasteiger partial charge in [-0.1, -0.05) is 6.07 Å². The molecule has 0 amide bonds. The highest BCUT2D eigenvalue weighted by molar-refractivity contribution is 5.50. The molecule has 2 aliphatic rings. The van der Waals surface area contributed by atoms with Gasteiger partial charge in [0.2, 0.25) is 5.88 Å². The van der Waals surface area contributed by atoms with E-state index in [0.29, 0.717) is 5.88 Å². The molecule has 2 aromatic heterocycles. The van der Waals surface area contributed by atoms with Crippen LogP contribution in [0.15, 0.2) is 30.7 Å². The predicted molar refractivity (Wildman–Crippen MR) is 106 cm³/mol. The van der Waals surface area contributed by atoms with Gasteiger partial charge in [-0.25, -0.2) is 15.0 Å². The van der Waals surface area contributed by atoms with Crippen molar-refractivity contribution in [3.63, 3.8) is 0 Å². The number of methoxy groups -OCH3 is 1. The Kier molecular flexibility index (Phi) is 5.67. The van der Waals surface area contributed by atoms with Crippen LogP contribution in [0.2, 0.25) is 0 Å². The highest BCUT2D eigenvalue weighted by Gasteiger charge is 2.20. The van der Waals surface area contributed by atoms with Gasteiger partial charge in [-0.05, 0) is 24.8 Å². The van der Waals surface area contributed by atoms with E-state index in [-0.39, 0.29) is 0 Å². The van der Waals surface area contributed by atoms with Crippen molar-refractivity contribution in [3.05, 3.63) is 36.3 Å². The third-order valence-corrected chi connectivity index (χ3v) is 5.43. The van der Waals surface area contributed by atoms with Crippen LogP contribution in [0.25, 0.3) is 0 Å². The molecule has 7 heteroatoms. The third kappa shape index (κ3) is 4.47. The fourth-order valence-corrected chi connectivity index (χ4v) is 3.82. The van der Waals surface area contributed by atoms with Crippen molar-refractivity contribution >= 4 is 11.6 Å². The van der Waals surface area contributed by atoms with Gasteiger partial charge < -0.3 is 14.5 Å². The molecule has 4 heterocycles. The number of ether oxygens (including phenoxy) is 1. The topological polar surface area (TPSA) is 57.6 Å². The average molecular weight is 368 g/mol. The fraction of sp³-hybridized carbons (Fsp3) is 0.550. The number of piperazine rings is 1. The van der Waals surface area contributed by atoms with Gasteiger partial charge in [0, 0.05) is 64.1 Å². The lowest BCUT2D eigenvalue weighted by atomic mass is 10.1. The van der Waals surface area contributed by atoms with Gasteiger partial charge in [-0.3, -0.25) is 4.90 Å². The zero-order valence-electron chi connectivity index (χ0n) is 16.0. The molecule has 0 aromatic carbocycles. The van der Waals surface area contributed by atoms with Crippen molar-refractivity contribution in [2.45, 2.75) is 25.8 Å². The summed E-state index contributed by atoms with van der Waals surface area (Å²) in [6, 6.07) is 6.18. The van der Waals surface area contributed by atoms with E-state index < -0.39 is 0 Å². The van der Waals surface area contributed by atoms with Crippen molar-refractivity contribution in [2.75, 3.05) is 56.2 Å². The normalized spacial score (nSPS) is 18.6. The quantitative estimate of drug-likeness (QED) is 0.802. The van der Waals surface area contributed by atoms with Crippen LogP contribution in [0.1, 0.15) is 24.8 Å². The van der Waals surface area contributed by atoms with Gasteiger partial charge in [-0.2, -0.15) is 0 Å². The molecule has 0 radical (unpaired) electrons. The Morgan fingerprint density at radius 3 is 2.19 bits per heavy atom. The Morgan fingerprint density at radius 1 is 0.852 bits per heavy atom. The maximum Gasteiger partial charge on any atom is 0.212 e. The van der Waals surface area contributed by atoms with E-state index in [4.69, 9.17) is 4.74 Å². The van der Waals surface area contributed by atoms with Gasteiger partial charge in [0.25, 0.3) is 0 Å². The van der Waals surface area contributed by atoms with Crippen LogP contribution in [-0.4, -0.2) is 66.2 Å². The first kappa shape index (κ1) is 18.0. The maximum absolute atomic E-state index is 5.13. The molecule has 7 nitrogen and oxygen atoms in total. The Labute approximate surface area is 161 Å². The van der Waals surface area contributed by atoms with Crippen LogP contribution in [0.3, 0.4) is 0 Å². The second kappa shape index (κ2) is 8.52. The summed E-state index contributed by atoms with van der Waals surface area (Å²) in [6.45, 7) is 7.16. The van der Waals surface area contributed by atoms with Crippen molar-refractivity contribution in [3.8, 4) is 5.88 Å². The fourth-order valence-electron chi connectivity index (χ4n) is 3.82. The summed E-state index contributed by atoms with van der Waals surface area (Å²) in [5.41, 5.74) is 1.22. The summed E-state index contributed by atoms with van der Waals surface area (Å²) in [4.78, 5) is 20.6. The molecule has 0 unspecified atom stereocenters. The van der Waals surface area contributed by atoms with Gasteiger partial charge in [0.05, 0.1) is 7.11 Å². The van der Waals surface area contributed by atoms with Crippen LogP contribution < -0.4 is 14.5 Å². The first-order chi connectivity index (χ1) is 13.3. The highest BCUT2D eigenvalue weighted by atomic mass is 16.5. The largest absolute Gasteiger partial charge is 0.481 e. The SMILES string of the molecule is COc1ccc(CN2CCN(c3cc(N4CCCCC4)ncn3)CC2)cn1. The molecule has 0 saturated carbocycles. The number of pyridine rings is 1. The zero-order chi connectivity index (χ0) is 18.5. The number of hydrogen-bond donors (Lipinski definition) is 0. The van der Waals surface area contributed by atoms with E-state index in [1.165, 1.54) is 24.8 Å².